The second-order valence-corrected chi connectivity index (χ2v) is 15.8. The van der Waals surface area contributed by atoms with Crippen molar-refractivity contribution in [2.24, 2.45) is 5.92 Å². The van der Waals surface area contributed by atoms with E-state index in [0.29, 0.717) is 86.1 Å². The Balaban J connectivity index is 1.23. The van der Waals surface area contributed by atoms with Gasteiger partial charge in [-0.2, -0.15) is 13.2 Å². The number of rotatable bonds is 8. The van der Waals surface area contributed by atoms with Crippen molar-refractivity contribution in [1.82, 2.24) is 9.80 Å². The van der Waals surface area contributed by atoms with E-state index in [-0.39, 0.29) is 23.6 Å². The fraction of sp³-hybridized carbons (Fsp3) is 0.618. The number of aryl methyl sites for hydroxylation is 2. The molecule has 1 aliphatic carbocycles. The van der Waals surface area contributed by atoms with E-state index < -0.39 is 51.5 Å². The molecule has 0 radical (unpaired) electrons. The van der Waals surface area contributed by atoms with Crippen LogP contribution in [0, 0.1) is 31.4 Å². The predicted molar refractivity (Wildman–Crippen MR) is 168 cm³/mol. The minimum Gasteiger partial charge on any atom is -0.381 e. The number of likely N-dealkylation sites (tertiary alicyclic amines) is 2. The third-order valence-electron chi connectivity index (χ3n) is 10.5. The number of alkyl halides is 3. The van der Waals surface area contributed by atoms with Gasteiger partial charge in [0.25, 0.3) is 0 Å². The van der Waals surface area contributed by atoms with Gasteiger partial charge in [-0.25, -0.2) is 17.2 Å². The summed E-state index contributed by atoms with van der Waals surface area (Å²) >= 11 is 0. The fourth-order valence-corrected chi connectivity index (χ4v) is 9.43. The van der Waals surface area contributed by atoms with Gasteiger partial charge >= 0.3 is 6.18 Å². The molecule has 3 aliphatic heterocycles. The van der Waals surface area contributed by atoms with Crippen LogP contribution in [0.1, 0.15) is 72.6 Å². The Morgan fingerprint density at radius 1 is 0.915 bits per heavy atom. The van der Waals surface area contributed by atoms with Crippen molar-refractivity contribution in [3.63, 3.8) is 0 Å². The summed E-state index contributed by atoms with van der Waals surface area (Å²) in [6, 6.07) is 7.06. The number of halogens is 5. The molecule has 1 saturated carbocycles. The van der Waals surface area contributed by atoms with Gasteiger partial charge in [-0.15, -0.1) is 0 Å². The number of hydrogen-bond donors (Lipinski definition) is 0. The highest BCUT2D eigenvalue weighted by Gasteiger charge is 2.47. The second-order valence-electron chi connectivity index (χ2n) is 13.6. The summed E-state index contributed by atoms with van der Waals surface area (Å²) in [6.07, 6.45) is -1.54. The van der Waals surface area contributed by atoms with E-state index in [1.165, 1.54) is 12.1 Å². The molecule has 0 bridgehead atoms. The van der Waals surface area contributed by atoms with Crippen LogP contribution in [-0.2, 0) is 19.6 Å². The number of anilines is 1. The SMILES string of the molecule is Cc1cc(C2CCN(C(=O)[C@@H]3CN(C4CCOCC4)CC3c3ccc(F)cc3F)CC2)c(N(CC(F)(F)F)S(=O)(=O)C2CC2)cc1C. The molecular weight excluding hydrogens is 641 g/mol. The van der Waals surface area contributed by atoms with Gasteiger partial charge in [0.1, 0.15) is 18.2 Å². The van der Waals surface area contributed by atoms with Gasteiger partial charge in [0.15, 0.2) is 0 Å². The molecule has 3 saturated heterocycles. The Morgan fingerprint density at radius 2 is 1.57 bits per heavy atom. The summed E-state index contributed by atoms with van der Waals surface area (Å²) < 4.78 is 103. The molecule has 2 aromatic rings. The number of nitrogens with zero attached hydrogens (tertiary/aromatic N) is 3. The van der Waals surface area contributed by atoms with Gasteiger partial charge in [0.05, 0.1) is 16.9 Å². The fourth-order valence-electron chi connectivity index (χ4n) is 7.58. The summed E-state index contributed by atoms with van der Waals surface area (Å²) in [4.78, 5) is 18.1. The maximum atomic E-state index is 15.1. The van der Waals surface area contributed by atoms with Crippen LogP contribution in [0.5, 0.6) is 0 Å². The van der Waals surface area contributed by atoms with Crippen molar-refractivity contribution in [3.05, 3.63) is 64.2 Å². The van der Waals surface area contributed by atoms with Crippen LogP contribution in [-0.4, -0.2) is 87.5 Å². The van der Waals surface area contributed by atoms with Gasteiger partial charge in [-0.3, -0.25) is 14.0 Å². The molecule has 1 amide bonds. The van der Waals surface area contributed by atoms with Crippen LogP contribution in [0.3, 0.4) is 0 Å². The molecule has 4 aliphatic rings. The maximum absolute atomic E-state index is 15.1. The van der Waals surface area contributed by atoms with Crippen molar-refractivity contribution in [1.29, 1.82) is 0 Å². The van der Waals surface area contributed by atoms with E-state index in [4.69, 9.17) is 4.74 Å². The first-order valence-corrected chi connectivity index (χ1v) is 18.0. The Labute approximate surface area is 273 Å². The molecule has 6 rings (SSSR count). The first-order chi connectivity index (χ1) is 22.2. The van der Waals surface area contributed by atoms with E-state index in [0.717, 1.165) is 24.5 Å². The van der Waals surface area contributed by atoms with Crippen molar-refractivity contribution < 1.29 is 39.9 Å². The van der Waals surface area contributed by atoms with Crippen LogP contribution >= 0.6 is 0 Å². The zero-order chi connectivity index (χ0) is 33.7. The zero-order valence-electron chi connectivity index (χ0n) is 26.7. The Kier molecular flexibility index (Phi) is 9.63. The molecular formula is C34H42F5N3O4S. The molecule has 47 heavy (non-hydrogen) atoms. The summed E-state index contributed by atoms with van der Waals surface area (Å²) in [7, 11) is -4.21. The average Bonchev–Trinajstić information content (AvgIpc) is 3.81. The zero-order valence-corrected chi connectivity index (χ0v) is 27.6. The smallest absolute Gasteiger partial charge is 0.381 e. The molecule has 2 atom stereocenters. The van der Waals surface area contributed by atoms with E-state index in [1.54, 1.807) is 24.0 Å². The minimum absolute atomic E-state index is 0.0665. The topological polar surface area (TPSA) is 70.2 Å². The van der Waals surface area contributed by atoms with E-state index in [9.17, 15) is 30.8 Å². The molecule has 4 fully saturated rings. The number of ether oxygens (including phenoxy) is 1. The minimum atomic E-state index is -4.73. The highest BCUT2D eigenvalue weighted by Crippen LogP contribution is 2.43. The van der Waals surface area contributed by atoms with Crippen molar-refractivity contribution in [2.45, 2.75) is 81.7 Å². The predicted octanol–water partition coefficient (Wildman–Crippen LogP) is 6.04. The number of piperidine rings is 1. The summed E-state index contributed by atoms with van der Waals surface area (Å²) in [5, 5.41) is -0.815. The molecule has 2 aromatic carbocycles. The summed E-state index contributed by atoms with van der Waals surface area (Å²) in [5.41, 5.74) is 2.48. The molecule has 258 valence electrons. The number of amides is 1. The quantitative estimate of drug-likeness (QED) is 0.318. The van der Waals surface area contributed by atoms with Crippen LogP contribution in [0.15, 0.2) is 30.3 Å². The van der Waals surface area contributed by atoms with Gasteiger partial charge < -0.3 is 9.64 Å². The normalized spacial score (nSPS) is 23.8. The largest absolute Gasteiger partial charge is 0.407 e. The third kappa shape index (κ3) is 7.32. The lowest BCUT2D eigenvalue weighted by atomic mass is 9.84. The number of carbonyl (C=O) groups excluding carboxylic acids is 1. The van der Waals surface area contributed by atoms with Crippen LogP contribution in [0.4, 0.5) is 27.6 Å². The highest BCUT2D eigenvalue weighted by molar-refractivity contribution is 7.93. The van der Waals surface area contributed by atoms with Crippen LogP contribution < -0.4 is 4.31 Å². The van der Waals surface area contributed by atoms with E-state index >= 15 is 4.39 Å². The average molecular weight is 684 g/mol. The number of carbonyl (C=O) groups is 1. The highest BCUT2D eigenvalue weighted by atomic mass is 32.2. The third-order valence-corrected chi connectivity index (χ3v) is 12.7. The van der Waals surface area contributed by atoms with Gasteiger partial charge in [-0.05, 0) is 92.7 Å². The van der Waals surface area contributed by atoms with Crippen molar-refractivity contribution >= 4 is 21.6 Å². The van der Waals surface area contributed by atoms with E-state index in [1.807, 2.05) is 6.92 Å². The van der Waals surface area contributed by atoms with Crippen molar-refractivity contribution in [3.8, 4) is 0 Å². The van der Waals surface area contributed by atoms with Gasteiger partial charge in [0, 0.05) is 57.4 Å². The first kappa shape index (κ1) is 34.1. The van der Waals surface area contributed by atoms with Crippen LogP contribution in [0.2, 0.25) is 0 Å². The maximum Gasteiger partial charge on any atom is 0.407 e. The molecule has 0 spiro atoms. The number of benzene rings is 2. The number of hydrogen-bond acceptors (Lipinski definition) is 5. The molecule has 1 unspecified atom stereocenters. The Bertz CT molecular complexity index is 1580. The first-order valence-electron chi connectivity index (χ1n) is 16.5. The molecule has 13 heteroatoms. The standard InChI is InChI=1S/C34H42F5N3O4S/c1-21-15-28(32(16-22(21)2)42(20-34(37,38)39)47(44,45)26-4-5-26)23-7-11-40(12-8-23)33(43)30-19-41(25-9-13-46-14-10-25)18-29(30)27-6-3-24(35)17-31(27)36/h3,6,15-17,23,25-26,29-30H,4-5,7-14,18-20H2,1-2H3/t29?,30-/m1/s1. The molecule has 3 heterocycles. The van der Waals surface area contributed by atoms with Gasteiger partial charge in [0.2, 0.25) is 15.9 Å². The summed E-state index contributed by atoms with van der Waals surface area (Å²) in [6.45, 7) is 4.82. The molecule has 0 N–H and O–H groups in total. The Morgan fingerprint density at radius 3 is 2.19 bits per heavy atom. The Hall–Kier alpha value is -2.77. The van der Waals surface area contributed by atoms with E-state index in [2.05, 4.69) is 4.90 Å². The van der Waals surface area contributed by atoms with Crippen molar-refractivity contribution in [2.75, 3.05) is 50.2 Å². The summed E-state index contributed by atoms with van der Waals surface area (Å²) in [5.74, 6) is -2.74. The molecule has 7 nitrogen and oxygen atoms in total. The van der Waals surface area contributed by atoms with Gasteiger partial charge in [-0.1, -0.05) is 12.1 Å². The second kappa shape index (κ2) is 13.3. The lowest BCUT2D eigenvalue weighted by molar-refractivity contribution is -0.136. The monoisotopic (exact) mass is 683 g/mol. The lowest BCUT2D eigenvalue weighted by Crippen LogP contribution is -2.44. The van der Waals surface area contributed by atoms with Crippen LogP contribution in [0.25, 0.3) is 0 Å². The lowest BCUT2D eigenvalue weighted by Gasteiger charge is -2.37. The molecule has 0 aromatic heterocycles. The number of sulfonamides is 1.